The standard InChI is InChI=1S/C37H44F4O6/c1-3-5-6-7-8-9-11-25-45-30-20-18-28(19-21-30)27-14-16-29(17-15-27)35(42)46-31-22-23-32(33(38)26-31)36(43)47-34(37(39,40)41)13-10-12-24-44-4-2/h14-23,26,34H,3-13,24-25H2,1-2H3. The first-order valence-corrected chi connectivity index (χ1v) is 16.3. The highest BCUT2D eigenvalue weighted by atomic mass is 19.4. The number of esters is 2. The molecule has 0 heterocycles. The van der Waals surface area contributed by atoms with Crippen molar-refractivity contribution in [2.75, 3.05) is 19.8 Å². The van der Waals surface area contributed by atoms with Crippen molar-refractivity contribution in [3.8, 4) is 22.6 Å². The molecular formula is C37H44F4O6. The lowest BCUT2D eigenvalue weighted by Crippen LogP contribution is -2.34. The third-order valence-corrected chi connectivity index (χ3v) is 7.52. The molecule has 0 saturated heterocycles. The summed E-state index contributed by atoms with van der Waals surface area (Å²) < 4.78 is 75.8. The molecule has 6 nitrogen and oxygen atoms in total. The fourth-order valence-corrected chi connectivity index (χ4v) is 4.84. The van der Waals surface area contributed by atoms with Gasteiger partial charge in [-0.25, -0.2) is 14.0 Å². The van der Waals surface area contributed by atoms with Crippen molar-refractivity contribution in [2.45, 2.75) is 90.3 Å². The van der Waals surface area contributed by atoms with Crippen LogP contribution in [0.25, 0.3) is 11.1 Å². The summed E-state index contributed by atoms with van der Waals surface area (Å²) in [7, 11) is 0. The average molecular weight is 661 g/mol. The highest BCUT2D eigenvalue weighted by Gasteiger charge is 2.42. The van der Waals surface area contributed by atoms with E-state index in [-0.39, 0.29) is 24.3 Å². The first-order chi connectivity index (χ1) is 22.6. The molecule has 0 N–H and O–H groups in total. The summed E-state index contributed by atoms with van der Waals surface area (Å²) in [5.74, 6) is -2.84. The topological polar surface area (TPSA) is 71.1 Å². The Balaban J connectivity index is 1.50. The van der Waals surface area contributed by atoms with Gasteiger partial charge in [0.15, 0.2) is 6.10 Å². The minimum Gasteiger partial charge on any atom is -0.494 e. The Labute approximate surface area is 274 Å². The molecule has 0 fully saturated rings. The van der Waals surface area contributed by atoms with E-state index in [0.29, 0.717) is 19.6 Å². The van der Waals surface area contributed by atoms with Crippen molar-refractivity contribution in [1.82, 2.24) is 0 Å². The SMILES string of the molecule is CCCCCCCCCOc1ccc(-c2ccc(C(=O)Oc3ccc(C(=O)OC(CCCCOCC)C(F)(F)F)c(F)c3)cc2)cc1. The van der Waals surface area contributed by atoms with E-state index < -0.39 is 42.0 Å². The Morgan fingerprint density at radius 2 is 1.30 bits per heavy atom. The second kappa shape index (κ2) is 19.7. The van der Waals surface area contributed by atoms with Crippen LogP contribution in [0.4, 0.5) is 17.6 Å². The van der Waals surface area contributed by atoms with Crippen molar-refractivity contribution in [1.29, 1.82) is 0 Å². The molecule has 0 aliphatic heterocycles. The van der Waals surface area contributed by atoms with Crippen molar-refractivity contribution >= 4 is 11.9 Å². The number of unbranched alkanes of at least 4 members (excludes halogenated alkanes) is 7. The molecule has 1 unspecified atom stereocenters. The van der Waals surface area contributed by atoms with Crippen LogP contribution in [0.5, 0.6) is 11.5 Å². The monoisotopic (exact) mass is 660 g/mol. The zero-order chi connectivity index (χ0) is 34.1. The number of hydrogen-bond acceptors (Lipinski definition) is 6. The summed E-state index contributed by atoms with van der Waals surface area (Å²) in [5.41, 5.74) is 1.29. The van der Waals surface area contributed by atoms with Crippen LogP contribution in [0, 0.1) is 5.82 Å². The summed E-state index contributed by atoms with van der Waals surface area (Å²) in [5, 5.41) is 0. The van der Waals surface area contributed by atoms with Gasteiger partial charge in [0.2, 0.25) is 0 Å². The maximum absolute atomic E-state index is 14.7. The number of carbonyl (C=O) groups excluding carboxylic acids is 2. The van der Waals surface area contributed by atoms with E-state index in [1.165, 1.54) is 32.1 Å². The number of halogens is 4. The Morgan fingerprint density at radius 1 is 0.702 bits per heavy atom. The van der Waals surface area contributed by atoms with Gasteiger partial charge in [-0.2, -0.15) is 13.2 Å². The molecule has 47 heavy (non-hydrogen) atoms. The molecule has 0 spiro atoms. The minimum atomic E-state index is -4.81. The van der Waals surface area contributed by atoms with E-state index in [1.54, 1.807) is 31.2 Å². The molecule has 256 valence electrons. The fraction of sp³-hybridized carbons (Fsp3) is 0.459. The Morgan fingerprint density at radius 3 is 1.91 bits per heavy atom. The van der Waals surface area contributed by atoms with Crippen LogP contribution in [-0.4, -0.2) is 44.0 Å². The summed E-state index contributed by atoms with van der Waals surface area (Å²) in [6.07, 6.45) is 1.32. The smallest absolute Gasteiger partial charge is 0.425 e. The summed E-state index contributed by atoms with van der Waals surface area (Å²) in [6.45, 7) is 5.39. The van der Waals surface area contributed by atoms with Crippen molar-refractivity contribution in [2.24, 2.45) is 0 Å². The lowest BCUT2D eigenvalue weighted by molar-refractivity contribution is -0.206. The predicted octanol–water partition coefficient (Wildman–Crippen LogP) is 10.1. The first kappa shape index (κ1) is 37.5. The van der Waals surface area contributed by atoms with Gasteiger partial charge in [0.05, 0.1) is 17.7 Å². The quantitative estimate of drug-likeness (QED) is 0.0520. The fourth-order valence-electron chi connectivity index (χ4n) is 4.84. The van der Waals surface area contributed by atoms with Gasteiger partial charge in [-0.1, -0.05) is 69.7 Å². The van der Waals surface area contributed by atoms with Crippen molar-refractivity contribution in [3.05, 3.63) is 83.7 Å². The van der Waals surface area contributed by atoms with Gasteiger partial charge in [0.25, 0.3) is 0 Å². The molecule has 0 aliphatic carbocycles. The van der Waals surface area contributed by atoms with Gasteiger partial charge in [-0.05, 0) is 80.1 Å². The Bertz CT molecular complexity index is 1370. The van der Waals surface area contributed by atoms with Crippen LogP contribution in [0.3, 0.4) is 0 Å². The zero-order valence-electron chi connectivity index (χ0n) is 27.1. The van der Waals surface area contributed by atoms with E-state index in [9.17, 15) is 27.2 Å². The van der Waals surface area contributed by atoms with Gasteiger partial charge in [-0.15, -0.1) is 0 Å². The third kappa shape index (κ3) is 13.0. The largest absolute Gasteiger partial charge is 0.494 e. The Hall–Kier alpha value is -3.92. The lowest BCUT2D eigenvalue weighted by atomic mass is 10.0. The molecule has 0 bridgehead atoms. The third-order valence-electron chi connectivity index (χ3n) is 7.52. The minimum absolute atomic E-state index is 0.108. The van der Waals surface area contributed by atoms with E-state index in [0.717, 1.165) is 47.9 Å². The number of rotatable bonds is 20. The van der Waals surface area contributed by atoms with Gasteiger partial charge in [-0.3, -0.25) is 0 Å². The molecule has 0 aliphatic rings. The van der Waals surface area contributed by atoms with E-state index in [2.05, 4.69) is 11.7 Å². The van der Waals surface area contributed by atoms with Gasteiger partial charge < -0.3 is 18.9 Å². The lowest BCUT2D eigenvalue weighted by Gasteiger charge is -2.21. The molecule has 3 rings (SSSR count). The number of carbonyl (C=O) groups is 2. The molecular weight excluding hydrogens is 616 g/mol. The van der Waals surface area contributed by atoms with Crippen LogP contribution >= 0.6 is 0 Å². The summed E-state index contributed by atoms with van der Waals surface area (Å²) in [6, 6.07) is 17.1. The molecule has 10 heteroatoms. The highest BCUT2D eigenvalue weighted by Crippen LogP contribution is 2.29. The molecule has 0 saturated carbocycles. The molecule has 0 amide bonds. The number of benzene rings is 3. The van der Waals surface area contributed by atoms with Crippen LogP contribution in [0.1, 0.15) is 98.8 Å². The van der Waals surface area contributed by atoms with Gasteiger partial charge >= 0.3 is 18.1 Å². The molecule has 3 aromatic rings. The van der Waals surface area contributed by atoms with Crippen LogP contribution < -0.4 is 9.47 Å². The maximum Gasteiger partial charge on any atom is 0.425 e. The summed E-state index contributed by atoms with van der Waals surface area (Å²) >= 11 is 0. The second-order valence-electron chi connectivity index (χ2n) is 11.2. The Kier molecular flexibility index (Phi) is 15.7. The normalized spacial score (nSPS) is 12.0. The van der Waals surface area contributed by atoms with E-state index in [4.69, 9.17) is 14.2 Å². The molecule has 0 radical (unpaired) electrons. The van der Waals surface area contributed by atoms with Crippen molar-refractivity contribution in [3.63, 3.8) is 0 Å². The highest BCUT2D eigenvalue weighted by molar-refractivity contribution is 5.92. The van der Waals surface area contributed by atoms with Gasteiger partial charge in [0, 0.05) is 19.3 Å². The molecule has 0 aromatic heterocycles. The first-order valence-electron chi connectivity index (χ1n) is 16.3. The van der Waals surface area contributed by atoms with E-state index >= 15 is 0 Å². The van der Waals surface area contributed by atoms with Crippen LogP contribution in [-0.2, 0) is 9.47 Å². The summed E-state index contributed by atoms with van der Waals surface area (Å²) in [4.78, 5) is 25.1. The number of hydrogen-bond donors (Lipinski definition) is 0. The second-order valence-corrected chi connectivity index (χ2v) is 11.2. The molecule has 3 aromatic carbocycles. The van der Waals surface area contributed by atoms with Crippen LogP contribution in [0.2, 0.25) is 0 Å². The average Bonchev–Trinajstić information content (AvgIpc) is 3.05. The van der Waals surface area contributed by atoms with Crippen molar-refractivity contribution < 1.29 is 46.1 Å². The van der Waals surface area contributed by atoms with Gasteiger partial charge in [0.1, 0.15) is 17.3 Å². The zero-order valence-corrected chi connectivity index (χ0v) is 27.1. The van der Waals surface area contributed by atoms with E-state index in [1.807, 2.05) is 24.3 Å². The predicted molar refractivity (Wildman–Crippen MR) is 172 cm³/mol. The molecule has 1 atom stereocenters. The van der Waals surface area contributed by atoms with Crippen LogP contribution in [0.15, 0.2) is 66.7 Å². The number of alkyl halides is 3. The maximum atomic E-state index is 14.7. The number of ether oxygens (including phenoxy) is 4.